The van der Waals surface area contributed by atoms with Crippen LogP contribution in [0.2, 0.25) is 0 Å². The first-order valence-electron chi connectivity index (χ1n) is 9.62. The summed E-state index contributed by atoms with van der Waals surface area (Å²) in [6, 6.07) is 9.36. The maximum Gasteiger partial charge on any atom is 0.573 e. The maximum absolute atomic E-state index is 12.7. The molecule has 0 bridgehead atoms. The second-order valence-electron chi connectivity index (χ2n) is 6.88. The molecule has 0 aliphatic rings. The van der Waals surface area contributed by atoms with Gasteiger partial charge in [0, 0.05) is 17.8 Å². The van der Waals surface area contributed by atoms with Crippen LogP contribution in [-0.2, 0) is 6.54 Å². The average molecular weight is 451 g/mol. The van der Waals surface area contributed by atoms with Crippen molar-refractivity contribution in [2.24, 2.45) is 0 Å². The normalized spacial score (nSPS) is 11.5. The molecular weight excluding hydrogens is 431 g/mol. The number of H-pyrrole nitrogens is 1. The molecule has 2 aromatic carbocycles. The Labute approximate surface area is 180 Å². The van der Waals surface area contributed by atoms with Gasteiger partial charge in [-0.05, 0) is 61.1 Å². The number of nitrogens with one attached hydrogen (secondary N) is 2. The molecule has 0 unspecified atom stereocenters. The molecule has 0 spiro atoms. The number of aromatic nitrogens is 2. The lowest BCUT2D eigenvalue weighted by atomic mass is 10.1. The number of carbonyl (C=O) groups is 1. The van der Waals surface area contributed by atoms with Gasteiger partial charge in [-0.25, -0.2) is 0 Å². The third-order valence-electron chi connectivity index (χ3n) is 4.58. The zero-order valence-electron chi connectivity index (χ0n) is 16.6. The summed E-state index contributed by atoms with van der Waals surface area (Å²) in [6.07, 6.45) is -1.94. The van der Waals surface area contributed by atoms with Gasteiger partial charge >= 0.3 is 6.36 Å². The Kier molecular flexibility index (Phi) is 6.79. The van der Waals surface area contributed by atoms with Crippen molar-refractivity contribution in [2.75, 3.05) is 5.32 Å². The molecule has 0 saturated carbocycles. The predicted molar refractivity (Wildman–Crippen MR) is 114 cm³/mol. The van der Waals surface area contributed by atoms with E-state index in [1.54, 1.807) is 6.07 Å². The molecule has 0 fully saturated rings. The molecular formula is C21H20F3N3O3S. The lowest BCUT2D eigenvalue weighted by Crippen LogP contribution is -2.22. The van der Waals surface area contributed by atoms with Crippen molar-refractivity contribution in [1.29, 1.82) is 0 Å². The fourth-order valence-electron chi connectivity index (χ4n) is 3.06. The number of halogens is 3. The SMILES string of the molecule is CCCCCn1c(=S)[nH]c2cc(C(=O)Nc3ccc(OC(F)(F)F)cc3)ccc2c1=O. The Hall–Kier alpha value is -3.14. The second-order valence-corrected chi connectivity index (χ2v) is 7.27. The monoisotopic (exact) mass is 451 g/mol. The molecule has 0 radical (unpaired) electrons. The minimum atomic E-state index is -4.79. The van der Waals surface area contributed by atoms with Crippen LogP contribution in [0, 0.1) is 4.77 Å². The van der Waals surface area contributed by atoms with Gasteiger partial charge in [-0.2, -0.15) is 0 Å². The number of anilines is 1. The number of amides is 1. The van der Waals surface area contributed by atoms with E-state index in [0.29, 0.717) is 23.1 Å². The van der Waals surface area contributed by atoms with E-state index in [9.17, 15) is 22.8 Å². The number of fused-ring (bicyclic) bond motifs is 1. The van der Waals surface area contributed by atoms with E-state index in [1.165, 1.54) is 28.8 Å². The van der Waals surface area contributed by atoms with Gasteiger partial charge in [0.1, 0.15) is 5.75 Å². The Morgan fingerprint density at radius 1 is 1.16 bits per heavy atom. The molecule has 3 rings (SSSR count). The molecule has 10 heteroatoms. The lowest BCUT2D eigenvalue weighted by Gasteiger charge is -2.11. The molecule has 0 atom stereocenters. The first-order valence-corrected chi connectivity index (χ1v) is 10.0. The first kappa shape index (κ1) is 22.5. The highest BCUT2D eigenvalue weighted by Gasteiger charge is 2.31. The van der Waals surface area contributed by atoms with Crippen molar-refractivity contribution in [3.05, 3.63) is 63.2 Å². The average Bonchev–Trinajstić information content (AvgIpc) is 2.70. The van der Waals surface area contributed by atoms with Gasteiger partial charge in [0.05, 0.1) is 10.9 Å². The van der Waals surface area contributed by atoms with Crippen LogP contribution in [0.15, 0.2) is 47.3 Å². The van der Waals surface area contributed by atoms with Crippen molar-refractivity contribution in [3.63, 3.8) is 0 Å². The van der Waals surface area contributed by atoms with E-state index < -0.39 is 12.3 Å². The quantitative estimate of drug-likeness (QED) is 0.373. The summed E-state index contributed by atoms with van der Waals surface area (Å²) in [5, 5.41) is 3.00. The Morgan fingerprint density at radius 2 is 1.87 bits per heavy atom. The molecule has 164 valence electrons. The van der Waals surface area contributed by atoms with E-state index in [4.69, 9.17) is 12.2 Å². The minimum Gasteiger partial charge on any atom is -0.406 e. The molecule has 6 nitrogen and oxygen atoms in total. The highest BCUT2D eigenvalue weighted by Crippen LogP contribution is 2.24. The number of hydrogen-bond acceptors (Lipinski definition) is 4. The van der Waals surface area contributed by atoms with Crippen LogP contribution >= 0.6 is 12.2 Å². The van der Waals surface area contributed by atoms with Gasteiger partial charge in [-0.1, -0.05) is 19.8 Å². The summed E-state index contributed by atoms with van der Waals surface area (Å²) in [4.78, 5) is 28.3. The van der Waals surface area contributed by atoms with E-state index >= 15 is 0 Å². The smallest absolute Gasteiger partial charge is 0.406 e. The fourth-order valence-corrected chi connectivity index (χ4v) is 3.35. The number of aromatic amines is 1. The van der Waals surface area contributed by atoms with Crippen molar-refractivity contribution in [3.8, 4) is 5.75 Å². The summed E-state index contributed by atoms with van der Waals surface area (Å²) in [5.74, 6) is -0.878. The fraction of sp³-hybridized carbons (Fsp3) is 0.286. The molecule has 31 heavy (non-hydrogen) atoms. The number of carbonyl (C=O) groups excluding carboxylic acids is 1. The number of rotatable bonds is 7. The summed E-state index contributed by atoms with van der Waals surface area (Å²) in [6.45, 7) is 2.59. The van der Waals surface area contributed by atoms with Gasteiger partial charge in [0.15, 0.2) is 4.77 Å². The third-order valence-corrected chi connectivity index (χ3v) is 4.90. The van der Waals surface area contributed by atoms with Crippen LogP contribution in [0.3, 0.4) is 0 Å². The molecule has 3 aromatic rings. The molecule has 0 aliphatic heterocycles. The Bertz CT molecular complexity index is 1200. The van der Waals surface area contributed by atoms with Crippen LogP contribution in [0.25, 0.3) is 10.9 Å². The van der Waals surface area contributed by atoms with E-state index in [0.717, 1.165) is 31.4 Å². The predicted octanol–water partition coefficient (Wildman–Crippen LogP) is 5.40. The topological polar surface area (TPSA) is 76.1 Å². The zero-order valence-corrected chi connectivity index (χ0v) is 17.4. The van der Waals surface area contributed by atoms with Gasteiger partial charge in [-0.3, -0.25) is 14.2 Å². The van der Waals surface area contributed by atoms with E-state index in [1.807, 2.05) is 0 Å². The van der Waals surface area contributed by atoms with Crippen LogP contribution < -0.4 is 15.6 Å². The van der Waals surface area contributed by atoms with Crippen LogP contribution in [0.1, 0.15) is 36.5 Å². The Balaban J connectivity index is 1.79. The third kappa shape index (κ3) is 5.72. The largest absolute Gasteiger partial charge is 0.573 e. The molecule has 2 N–H and O–H groups in total. The number of nitrogens with zero attached hydrogens (tertiary/aromatic N) is 1. The van der Waals surface area contributed by atoms with E-state index in [-0.39, 0.29) is 21.6 Å². The summed E-state index contributed by atoms with van der Waals surface area (Å²) in [7, 11) is 0. The van der Waals surface area contributed by atoms with Crippen LogP contribution in [-0.4, -0.2) is 21.8 Å². The summed E-state index contributed by atoms with van der Waals surface area (Å²) in [5.41, 5.74) is 0.765. The summed E-state index contributed by atoms with van der Waals surface area (Å²) >= 11 is 5.30. The van der Waals surface area contributed by atoms with Crippen LogP contribution in [0.4, 0.5) is 18.9 Å². The first-order chi connectivity index (χ1) is 14.7. The molecule has 1 amide bonds. The number of ether oxygens (including phenoxy) is 1. The van der Waals surface area contributed by atoms with Crippen molar-refractivity contribution in [1.82, 2.24) is 9.55 Å². The minimum absolute atomic E-state index is 0.220. The highest BCUT2D eigenvalue weighted by atomic mass is 32.1. The number of hydrogen-bond donors (Lipinski definition) is 2. The molecule has 1 heterocycles. The number of alkyl halides is 3. The van der Waals surface area contributed by atoms with Gasteiger partial charge in [0.25, 0.3) is 11.5 Å². The van der Waals surface area contributed by atoms with Gasteiger partial charge < -0.3 is 15.0 Å². The molecule has 1 aromatic heterocycles. The molecule has 0 aliphatic carbocycles. The van der Waals surface area contributed by atoms with Crippen molar-refractivity contribution < 1.29 is 22.7 Å². The van der Waals surface area contributed by atoms with Gasteiger partial charge in [-0.15, -0.1) is 13.2 Å². The number of benzene rings is 2. The van der Waals surface area contributed by atoms with Gasteiger partial charge in [0.2, 0.25) is 0 Å². The number of unbranched alkanes of at least 4 members (excludes halogenated alkanes) is 2. The maximum atomic E-state index is 12.7. The molecule has 0 saturated heterocycles. The van der Waals surface area contributed by atoms with Crippen LogP contribution in [0.5, 0.6) is 5.75 Å². The Morgan fingerprint density at radius 3 is 2.52 bits per heavy atom. The van der Waals surface area contributed by atoms with Crippen molar-refractivity contribution in [2.45, 2.75) is 39.1 Å². The highest BCUT2D eigenvalue weighted by molar-refractivity contribution is 7.71. The second kappa shape index (κ2) is 9.34. The van der Waals surface area contributed by atoms with E-state index in [2.05, 4.69) is 22.0 Å². The standard InChI is InChI=1S/C21H20F3N3O3S/c1-2-3-4-11-27-19(29)16-10-5-13(12-17(16)26-20(27)31)18(28)25-14-6-8-15(9-7-14)30-21(22,23)24/h5-10,12H,2-4,11H2,1H3,(H,25,28)(H,26,31). The van der Waals surface area contributed by atoms with Crippen molar-refractivity contribution >= 4 is 34.7 Å². The lowest BCUT2D eigenvalue weighted by molar-refractivity contribution is -0.274. The summed E-state index contributed by atoms with van der Waals surface area (Å²) < 4.78 is 42.3. The zero-order chi connectivity index (χ0) is 22.6.